The molecule has 7 nitrogen and oxygen atoms in total. The maximum Gasteiger partial charge on any atom is 0.264 e. The predicted octanol–water partition coefficient (Wildman–Crippen LogP) is 4.24. The monoisotopic (exact) mass is 436 g/mol. The summed E-state index contributed by atoms with van der Waals surface area (Å²) >= 11 is 7.30. The number of ether oxygens (including phenoxy) is 2. The van der Waals surface area contributed by atoms with Crippen LogP contribution in [0.15, 0.2) is 56.7 Å². The van der Waals surface area contributed by atoms with Crippen LogP contribution in [0.1, 0.15) is 5.56 Å². The predicted molar refractivity (Wildman–Crippen MR) is 108 cm³/mol. The highest BCUT2D eigenvalue weighted by Crippen LogP contribution is 2.66. The largest absolute Gasteiger partial charge is 0.454 e. The van der Waals surface area contributed by atoms with Crippen molar-refractivity contribution < 1.29 is 22.6 Å². The minimum absolute atomic E-state index is 0.150. The van der Waals surface area contributed by atoms with E-state index in [2.05, 4.69) is 9.71 Å². The van der Waals surface area contributed by atoms with Crippen LogP contribution in [-0.2, 0) is 13.2 Å². The Labute approximate surface area is 171 Å². The first kappa shape index (κ1) is 17.9. The number of nitrogens with one attached hydrogen (secondary N) is 1. The van der Waals surface area contributed by atoms with Gasteiger partial charge in [0, 0.05) is 5.02 Å². The number of carbonyl (C=O) groups excluding carboxylic acids is 1. The van der Waals surface area contributed by atoms with Gasteiger partial charge in [0.15, 0.2) is 23.5 Å². The van der Waals surface area contributed by atoms with E-state index in [9.17, 15) is 4.79 Å². The lowest BCUT2D eigenvalue weighted by molar-refractivity contribution is -0.115. The van der Waals surface area contributed by atoms with Gasteiger partial charge in [0.05, 0.1) is 9.80 Å². The summed E-state index contributed by atoms with van der Waals surface area (Å²) < 4.78 is 26.6. The number of amidine groups is 1. The summed E-state index contributed by atoms with van der Waals surface area (Å²) in [6.45, 7) is 0.354. The third kappa shape index (κ3) is 3.25. The van der Waals surface area contributed by atoms with E-state index in [1.54, 1.807) is 18.2 Å². The molecule has 10 heteroatoms. The summed E-state index contributed by atoms with van der Waals surface area (Å²) in [5.74, 6) is 1.12. The van der Waals surface area contributed by atoms with Gasteiger partial charge >= 0.3 is 0 Å². The zero-order valence-corrected chi connectivity index (χ0v) is 16.6. The Morgan fingerprint density at radius 1 is 1.11 bits per heavy atom. The van der Waals surface area contributed by atoms with Gasteiger partial charge in [-0.2, -0.15) is 0 Å². The number of thioether (sulfide) groups is 1. The Balaban J connectivity index is 1.41. The first-order valence-electron chi connectivity index (χ1n) is 8.19. The maximum atomic E-state index is 12.4. The third-order valence-corrected chi connectivity index (χ3v) is 7.42. The van der Waals surface area contributed by atoms with E-state index in [4.69, 9.17) is 29.4 Å². The lowest BCUT2D eigenvalue weighted by Crippen LogP contribution is -2.25. The van der Waals surface area contributed by atoms with Crippen molar-refractivity contribution in [2.24, 2.45) is 4.40 Å². The number of amides is 1. The average Bonchev–Trinajstić information content (AvgIpc) is 3.24. The lowest BCUT2D eigenvalue weighted by atomic mass is 10.2. The zero-order valence-electron chi connectivity index (χ0n) is 14.2. The van der Waals surface area contributed by atoms with Gasteiger partial charge in [-0.1, -0.05) is 34.5 Å². The molecule has 0 aromatic heterocycles. The molecule has 1 amide bonds. The summed E-state index contributed by atoms with van der Waals surface area (Å²) in [6.07, 6.45) is 1.77. The fourth-order valence-corrected chi connectivity index (χ4v) is 5.68. The van der Waals surface area contributed by atoms with Crippen LogP contribution in [0, 0.1) is 0 Å². The Bertz CT molecular complexity index is 1040. The summed E-state index contributed by atoms with van der Waals surface area (Å²) in [5.41, 5.74) is 0.830. The van der Waals surface area contributed by atoms with Crippen LogP contribution in [0.5, 0.6) is 11.5 Å². The molecule has 0 unspecified atom stereocenters. The van der Waals surface area contributed by atoms with Gasteiger partial charge < -0.3 is 9.47 Å². The van der Waals surface area contributed by atoms with E-state index in [1.807, 2.05) is 30.3 Å². The molecule has 0 atom stereocenters. The summed E-state index contributed by atoms with van der Waals surface area (Å²) in [5, 5.41) is 3.75. The van der Waals surface area contributed by atoms with E-state index >= 15 is 0 Å². The van der Waals surface area contributed by atoms with Crippen molar-refractivity contribution in [2.45, 2.75) is 4.90 Å². The van der Waals surface area contributed by atoms with Crippen molar-refractivity contribution in [3.05, 3.63) is 58.0 Å². The second-order valence-corrected chi connectivity index (χ2v) is 9.40. The molecule has 0 bridgehead atoms. The molecule has 2 aromatic rings. The Hall–Kier alpha value is -2.17. The molecular formula is C18H13ClN2O5S2. The summed E-state index contributed by atoms with van der Waals surface area (Å²) in [6, 6.07) is 12.7. The highest BCUT2D eigenvalue weighted by Gasteiger charge is 2.36. The fraction of sp³-hybridized carbons (Fsp3) is 0.111. The maximum absolute atomic E-state index is 12.4. The minimum atomic E-state index is -2.30. The van der Waals surface area contributed by atoms with E-state index < -0.39 is 10.8 Å². The second-order valence-electron chi connectivity index (χ2n) is 5.86. The quantitative estimate of drug-likeness (QED) is 0.725. The van der Waals surface area contributed by atoms with Gasteiger partial charge in [-0.15, -0.1) is 4.40 Å². The molecule has 2 aromatic carbocycles. The van der Waals surface area contributed by atoms with Crippen molar-refractivity contribution in [1.82, 2.24) is 5.32 Å². The van der Waals surface area contributed by atoms with Crippen LogP contribution in [0.2, 0.25) is 5.02 Å². The number of hydrogen-bond donors (Lipinski definition) is 1. The van der Waals surface area contributed by atoms with Crippen LogP contribution >= 0.6 is 34.1 Å². The first-order valence-corrected chi connectivity index (χ1v) is 10.8. The number of benzene rings is 2. The van der Waals surface area contributed by atoms with E-state index in [0.717, 1.165) is 10.5 Å². The molecule has 3 aliphatic heterocycles. The average molecular weight is 437 g/mol. The zero-order chi connectivity index (χ0) is 19.1. The standard InChI is InChI=1S/C18H13ClN2O5S2/c19-12-2-1-3-13(8-12)28(25-10-26-28)21-18-20-17(22)16(27-18)7-11-4-5-14-15(6-11)24-9-23-14/h1-8H,9-10H2,(H,20,21,22)/b16-7-. The highest BCUT2D eigenvalue weighted by atomic mass is 35.5. The molecule has 28 heavy (non-hydrogen) atoms. The number of nitrogens with zero attached hydrogens (tertiary/aromatic N) is 1. The number of rotatable bonds is 3. The normalized spacial score (nSPS) is 23.5. The fourth-order valence-electron chi connectivity index (χ4n) is 2.74. The lowest BCUT2D eigenvalue weighted by Gasteiger charge is -2.45. The number of halogens is 1. The minimum Gasteiger partial charge on any atom is -0.454 e. The Morgan fingerprint density at radius 3 is 2.75 bits per heavy atom. The van der Waals surface area contributed by atoms with Crippen molar-refractivity contribution in [1.29, 1.82) is 0 Å². The first-order chi connectivity index (χ1) is 13.6. The van der Waals surface area contributed by atoms with Gasteiger partial charge in [0.25, 0.3) is 5.91 Å². The highest BCUT2D eigenvalue weighted by molar-refractivity contribution is 8.27. The van der Waals surface area contributed by atoms with Gasteiger partial charge in [-0.05, 0) is 53.7 Å². The molecule has 3 aliphatic rings. The third-order valence-electron chi connectivity index (χ3n) is 4.06. The van der Waals surface area contributed by atoms with Crippen LogP contribution in [0.25, 0.3) is 6.08 Å². The number of hydrogen-bond acceptors (Lipinski definition) is 7. The van der Waals surface area contributed by atoms with Crippen molar-refractivity contribution in [3.63, 3.8) is 0 Å². The molecule has 1 N–H and O–H groups in total. The topological polar surface area (TPSA) is 78.4 Å². The van der Waals surface area contributed by atoms with Gasteiger partial charge in [-0.3, -0.25) is 10.1 Å². The molecule has 0 spiro atoms. The van der Waals surface area contributed by atoms with E-state index in [1.165, 1.54) is 11.8 Å². The molecule has 2 saturated heterocycles. The molecule has 144 valence electrons. The van der Waals surface area contributed by atoms with Crippen LogP contribution < -0.4 is 14.8 Å². The Kier molecular flexibility index (Phi) is 4.48. The van der Waals surface area contributed by atoms with Crippen LogP contribution in [-0.4, -0.2) is 24.7 Å². The van der Waals surface area contributed by atoms with Gasteiger partial charge in [0.2, 0.25) is 6.79 Å². The molecular weight excluding hydrogens is 424 g/mol. The van der Waals surface area contributed by atoms with Crippen molar-refractivity contribution in [2.75, 3.05) is 13.6 Å². The molecule has 0 aliphatic carbocycles. The summed E-state index contributed by atoms with van der Waals surface area (Å²) in [7, 11) is -2.30. The summed E-state index contributed by atoms with van der Waals surface area (Å²) in [4.78, 5) is 13.6. The Morgan fingerprint density at radius 2 is 1.96 bits per heavy atom. The number of fused-ring (bicyclic) bond motifs is 1. The van der Waals surface area contributed by atoms with Crippen LogP contribution in [0.4, 0.5) is 0 Å². The SMILES string of the molecule is O=C1NC(=NS2(c3cccc(Cl)c3)OCO2)S/C1=C\c1ccc2c(c1)OCO2. The second kappa shape index (κ2) is 7.02. The van der Waals surface area contributed by atoms with Crippen LogP contribution in [0.3, 0.4) is 0 Å². The molecule has 0 radical (unpaired) electrons. The molecule has 2 fully saturated rings. The van der Waals surface area contributed by atoms with E-state index in [0.29, 0.717) is 26.6 Å². The number of carbonyl (C=O) groups is 1. The van der Waals surface area contributed by atoms with E-state index in [-0.39, 0.29) is 19.5 Å². The molecule has 3 heterocycles. The smallest absolute Gasteiger partial charge is 0.264 e. The molecule has 0 saturated carbocycles. The van der Waals surface area contributed by atoms with Crippen molar-refractivity contribution in [3.8, 4) is 11.5 Å². The molecule has 5 rings (SSSR count). The van der Waals surface area contributed by atoms with Gasteiger partial charge in [0.1, 0.15) is 0 Å². The van der Waals surface area contributed by atoms with Crippen molar-refractivity contribution >= 4 is 51.3 Å². The van der Waals surface area contributed by atoms with Gasteiger partial charge in [-0.25, -0.2) is 8.37 Å².